The van der Waals surface area contributed by atoms with Gasteiger partial charge in [0.25, 0.3) is 8.32 Å². The molecule has 0 saturated heterocycles. The Labute approximate surface area is 279 Å². The van der Waals surface area contributed by atoms with Crippen LogP contribution in [0.5, 0.6) is 0 Å². The fraction of sp³-hybridized carbons (Fsp3) is 0.333. The Kier molecular flexibility index (Phi) is 9.80. The topological polar surface area (TPSA) is 85.7 Å². The van der Waals surface area contributed by atoms with E-state index in [1.807, 2.05) is 61.5 Å². The molecule has 1 aromatic heterocycles. The van der Waals surface area contributed by atoms with Crippen molar-refractivity contribution >= 4 is 52.0 Å². The highest BCUT2D eigenvalue weighted by Crippen LogP contribution is 2.46. The highest BCUT2D eigenvalue weighted by atomic mass is 79.9. The molecule has 1 aliphatic rings. The number of carboxylic acids is 1. The Morgan fingerprint density at radius 2 is 1.58 bits per heavy atom. The van der Waals surface area contributed by atoms with Crippen molar-refractivity contribution in [3.8, 4) is 11.3 Å². The van der Waals surface area contributed by atoms with Crippen LogP contribution in [0, 0.1) is 0 Å². The zero-order chi connectivity index (χ0) is 32.6. The van der Waals surface area contributed by atoms with Crippen LogP contribution in [-0.2, 0) is 22.3 Å². The summed E-state index contributed by atoms with van der Waals surface area (Å²) in [5.74, 6) is -1.09. The second-order valence-corrected chi connectivity index (χ2v) is 20.9. The first-order valence-corrected chi connectivity index (χ1v) is 19.0. The van der Waals surface area contributed by atoms with Gasteiger partial charge >= 0.3 is 5.97 Å². The molecule has 1 aliphatic heterocycles. The van der Waals surface area contributed by atoms with Gasteiger partial charge in [0.1, 0.15) is 10.4 Å². The number of benzene rings is 3. The molecule has 2 atom stereocenters. The molecular weight excluding hydrogens is 664 g/mol. The van der Waals surface area contributed by atoms with E-state index >= 15 is 0 Å². The SMILES string of the molecule is CC(C)(C)[S@+]([O-])N1Cc2cc(C(=O)O)nc(-c3cccc(Br)c3)c2[C@H]1CCO[Si](c1ccccc1)(c1ccccc1)C(C)(C)C. The number of carboxylic acid groups (broad SMARTS) is 1. The van der Waals surface area contributed by atoms with Crippen LogP contribution in [0.2, 0.25) is 5.04 Å². The number of rotatable bonds is 9. The van der Waals surface area contributed by atoms with Crippen LogP contribution in [-0.4, -0.2) is 44.6 Å². The molecule has 0 saturated carbocycles. The van der Waals surface area contributed by atoms with Crippen LogP contribution in [0.3, 0.4) is 0 Å². The summed E-state index contributed by atoms with van der Waals surface area (Å²) in [6, 6.07) is 30.2. The number of hydrogen-bond acceptors (Lipinski definition) is 5. The lowest BCUT2D eigenvalue weighted by Gasteiger charge is -2.43. The molecule has 236 valence electrons. The van der Waals surface area contributed by atoms with E-state index in [0.717, 1.165) is 21.2 Å². The lowest BCUT2D eigenvalue weighted by Crippen LogP contribution is -2.66. The summed E-state index contributed by atoms with van der Waals surface area (Å²) in [6.45, 7) is 13.5. The first-order valence-electron chi connectivity index (χ1n) is 15.2. The molecule has 6 nitrogen and oxygen atoms in total. The standard InChI is InChI=1S/C36H41BrN2O4SSi/c1-35(2,3)44(42)39-24-26-23-30(34(40)41)38-33(25-14-13-15-27(37)22-25)32(26)31(39)20-21-43-45(36(4,5)6,28-16-9-7-10-17-28)29-18-11-8-12-19-29/h7-19,22-23,31H,20-21,24H2,1-6H3,(H,40,41)/t31-,44+/m1/s1. The zero-order valence-corrected chi connectivity index (χ0v) is 30.1. The number of nitrogens with zero attached hydrogens (tertiary/aromatic N) is 2. The van der Waals surface area contributed by atoms with Gasteiger partial charge in [0.05, 0.1) is 18.3 Å². The minimum atomic E-state index is -2.80. The van der Waals surface area contributed by atoms with E-state index in [0.29, 0.717) is 25.3 Å². The summed E-state index contributed by atoms with van der Waals surface area (Å²) >= 11 is 2.21. The number of fused-ring (bicyclic) bond motifs is 1. The molecule has 0 unspecified atom stereocenters. The Hall–Kier alpha value is -2.79. The highest BCUT2D eigenvalue weighted by molar-refractivity contribution is 9.10. The number of aromatic nitrogens is 1. The molecule has 5 rings (SSSR count). The second-order valence-electron chi connectivity index (χ2n) is 13.5. The Bertz CT molecular complexity index is 1620. The molecule has 1 N–H and O–H groups in total. The van der Waals surface area contributed by atoms with E-state index in [1.54, 1.807) is 6.07 Å². The largest absolute Gasteiger partial charge is 0.597 e. The molecule has 2 heterocycles. The van der Waals surface area contributed by atoms with Crippen molar-refractivity contribution in [1.82, 2.24) is 9.29 Å². The second kappa shape index (κ2) is 13.1. The molecular formula is C36H41BrN2O4SSi. The maximum absolute atomic E-state index is 14.1. The molecule has 9 heteroatoms. The van der Waals surface area contributed by atoms with Gasteiger partial charge in [0.15, 0.2) is 0 Å². The van der Waals surface area contributed by atoms with Gasteiger partial charge in [0.2, 0.25) is 0 Å². The molecule has 0 bridgehead atoms. The van der Waals surface area contributed by atoms with Crippen LogP contribution < -0.4 is 10.4 Å². The normalized spacial score (nSPS) is 16.4. The molecule has 0 spiro atoms. The Morgan fingerprint density at radius 3 is 2.09 bits per heavy atom. The number of aromatic carboxylic acids is 1. The Morgan fingerprint density at radius 1 is 0.978 bits per heavy atom. The van der Waals surface area contributed by atoms with E-state index in [1.165, 1.54) is 10.4 Å². The minimum absolute atomic E-state index is 0.0190. The van der Waals surface area contributed by atoms with Gasteiger partial charge in [-0.2, -0.15) is 0 Å². The predicted molar refractivity (Wildman–Crippen MR) is 189 cm³/mol. The monoisotopic (exact) mass is 704 g/mol. The molecule has 45 heavy (non-hydrogen) atoms. The number of halogens is 1. The minimum Gasteiger partial charge on any atom is -0.597 e. The van der Waals surface area contributed by atoms with Crippen molar-refractivity contribution < 1.29 is 18.9 Å². The Balaban J connectivity index is 1.62. The maximum Gasteiger partial charge on any atom is 0.354 e. The summed E-state index contributed by atoms with van der Waals surface area (Å²) in [5.41, 5.74) is 3.15. The van der Waals surface area contributed by atoms with Gasteiger partial charge in [0, 0.05) is 33.6 Å². The number of carbonyl (C=O) groups is 1. The first-order chi connectivity index (χ1) is 21.2. The van der Waals surface area contributed by atoms with Crippen molar-refractivity contribution in [3.05, 3.63) is 112 Å². The quantitative estimate of drug-likeness (QED) is 0.144. The fourth-order valence-corrected chi connectivity index (χ4v) is 12.8. The predicted octanol–water partition coefficient (Wildman–Crippen LogP) is 7.49. The van der Waals surface area contributed by atoms with Crippen LogP contribution in [0.1, 0.15) is 75.6 Å². The van der Waals surface area contributed by atoms with Gasteiger partial charge in [-0.3, -0.25) is 0 Å². The van der Waals surface area contributed by atoms with E-state index in [2.05, 4.69) is 90.2 Å². The van der Waals surface area contributed by atoms with E-state index < -0.39 is 30.4 Å². The first kappa shape index (κ1) is 33.6. The van der Waals surface area contributed by atoms with Crippen molar-refractivity contribution in [3.63, 3.8) is 0 Å². The van der Waals surface area contributed by atoms with E-state index in [4.69, 9.17) is 4.43 Å². The fourth-order valence-electron chi connectivity index (χ4n) is 6.40. The molecule has 0 radical (unpaired) electrons. The van der Waals surface area contributed by atoms with Crippen LogP contribution in [0.25, 0.3) is 11.3 Å². The lowest BCUT2D eigenvalue weighted by atomic mass is 9.96. The zero-order valence-electron chi connectivity index (χ0n) is 26.7. The van der Waals surface area contributed by atoms with Crippen molar-refractivity contribution in [2.75, 3.05) is 6.61 Å². The summed E-state index contributed by atoms with van der Waals surface area (Å²) in [7, 11) is -2.80. The van der Waals surface area contributed by atoms with Crippen LogP contribution in [0.15, 0.2) is 95.5 Å². The van der Waals surface area contributed by atoms with Crippen LogP contribution >= 0.6 is 15.9 Å². The number of pyridine rings is 1. The molecule has 3 aromatic carbocycles. The molecule has 0 amide bonds. The average Bonchev–Trinajstić information content (AvgIpc) is 3.36. The van der Waals surface area contributed by atoms with Gasteiger partial charge in [-0.25, -0.2) is 9.78 Å². The summed E-state index contributed by atoms with van der Waals surface area (Å²) in [4.78, 5) is 16.9. The summed E-state index contributed by atoms with van der Waals surface area (Å²) < 4.78 is 23.7. The maximum atomic E-state index is 14.1. The summed E-state index contributed by atoms with van der Waals surface area (Å²) in [5, 5.41) is 12.2. The van der Waals surface area contributed by atoms with Gasteiger partial charge in [-0.1, -0.05) is 109 Å². The van der Waals surface area contributed by atoms with Crippen molar-refractivity contribution in [2.24, 2.45) is 0 Å². The molecule has 0 fully saturated rings. The van der Waals surface area contributed by atoms with Crippen molar-refractivity contribution in [1.29, 1.82) is 0 Å². The third kappa shape index (κ3) is 6.70. The van der Waals surface area contributed by atoms with Gasteiger partial charge in [-0.05, 0) is 66.4 Å². The third-order valence-corrected chi connectivity index (χ3v) is 15.7. The van der Waals surface area contributed by atoms with E-state index in [-0.39, 0.29) is 16.8 Å². The molecule has 4 aromatic rings. The third-order valence-electron chi connectivity index (χ3n) is 8.33. The number of hydrogen-bond donors (Lipinski definition) is 1. The summed E-state index contributed by atoms with van der Waals surface area (Å²) in [6.07, 6.45) is 0.564. The lowest BCUT2D eigenvalue weighted by molar-refractivity contribution is 0.0690. The van der Waals surface area contributed by atoms with E-state index in [9.17, 15) is 14.5 Å². The average molecular weight is 706 g/mol. The van der Waals surface area contributed by atoms with Crippen LogP contribution in [0.4, 0.5) is 0 Å². The van der Waals surface area contributed by atoms with Gasteiger partial charge in [-0.15, -0.1) is 4.31 Å². The van der Waals surface area contributed by atoms with Crippen molar-refractivity contribution in [2.45, 2.75) is 70.3 Å². The highest BCUT2D eigenvalue weighted by Gasteiger charge is 2.51. The smallest absolute Gasteiger partial charge is 0.354 e. The van der Waals surface area contributed by atoms with Gasteiger partial charge < -0.3 is 14.1 Å². The molecule has 0 aliphatic carbocycles.